The van der Waals surface area contributed by atoms with E-state index in [1.54, 1.807) is 32.0 Å². The largest absolute Gasteiger partial charge is 0.481 e. The minimum Gasteiger partial charge on any atom is -0.481 e. The molecule has 13 N–H and O–H groups in total. The molecule has 0 spiro atoms. The summed E-state index contributed by atoms with van der Waals surface area (Å²) in [5.41, 5.74) is 35.6. The number of ether oxygens (including phenoxy) is 3. The normalized spacial score (nSPS) is 18.8. The van der Waals surface area contributed by atoms with Gasteiger partial charge in [-0.3, -0.25) is 29.4 Å². The van der Waals surface area contributed by atoms with E-state index in [1.165, 1.54) is 60.1 Å². The van der Waals surface area contributed by atoms with Crippen molar-refractivity contribution in [2.75, 3.05) is 86.3 Å². The lowest BCUT2D eigenvalue weighted by atomic mass is 9.94. The van der Waals surface area contributed by atoms with Gasteiger partial charge in [0.25, 0.3) is 17.7 Å². The molecule has 12 heterocycles. The third-order valence-corrected chi connectivity index (χ3v) is 30.0. The molecule has 6 aromatic heterocycles. The van der Waals surface area contributed by atoms with E-state index in [0.29, 0.717) is 134 Å². The molecule has 12 aromatic rings. The first-order valence-electron chi connectivity index (χ1n) is 50.2. The Morgan fingerprint density at radius 1 is 0.503 bits per heavy atom. The SMILES string of the molecule is CC(=N)NC(=O)CC(=O)O.CC(=O)c1cc(Br)ccc1N.CCc1cc(C#N)c2nc(N3CC[C@@H](N[C@H]4CCOC4)C[C@H]3C)c(-c3nc(C)no3)c(C)c2c1.CCc1cc(I)c(N)c(C(C)=O)c1.CCc1cc(I)c2nc(Cl)c(-c3nc(C)no3)c(C)c2c1.CCc1cc(I)c2nc(N3CC[C@@H](N[C@H]4CCOC4)C[C@H]3C)c(-c3nc(C)no3)c(C)c2c1.CCc1ccc(N)c(C(C)=O)c1.C[C@@H]1C[C@H](N[C@H]2CCOC2)CCN1. The fourth-order valence-corrected chi connectivity index (χ4v) is 21.7. The van der Waals surface area contributed by atoms with Crippen LogP contribution in [-0.4, -0.2) is 199 Å². The predicted molar refractivity (Wildman–Crippen MR) is 610 cm³/mol. The third kappa shape index (κ3) is 31.9. The Hall–Kier alpha value is -10.2. The van der Waals surface area contributed by atoms with Gasteiger partial charge >= 0.3 is 5.97 Å². The molecule has 9 atom stereocenters. The Morgan fingerprint density at radius 3 is 1.29 bits per heavy atom. The van der Waals surface area contributed by atoms with Gasteiger partial charge in [-0.05, 0) is 378 Å². The molecule has 33 nitrogen and oxygen atoms in total. The van der Waals surface area contributed by atoms with Crippen LogP contribution in [0.25, 0.3) is 67.1 Å². The molecule has 0 aliphatic carbocycles. The summed E-state index contributed by atoms with van der Waals surface area (Å²) >= 11 is 16.5. The number of amides is 1. The summed E-state index contributed by atoms with van der Waals surface area (Å²) in [5.74, 6) is 3.20. The summed E-state index contributed by atoms with van der Waals surface area (Å²) in [6.45, 7) is 43.2. The number of carboxylic acid groups (broad SMARTS) is 1. The quantitative estimate of drug-likeness (QED) is 0.00607. The lowest BCUT2D eigenvalue weighted by molar-refractivity contribution is -0.140. The summed E-state index contributed by atoms with van der Waals surface area (Å²) < 4.78 is 37.2. The molecule has 0 bridgehead atoms. The number of nitrogen functional groups attached to an aromatic ring is 3. The number of hydrogen-bond acceptors (Lipinski definition) is 31. The lowest BCUT2D eigenvalue weighted by Gasteiger charge is -2.40. The summed E-state index contributed by atoms with van der Waals surface area (Å²) in [5, 5.41) is 57.1. The van der Waals surface area contributed by atoms with Crippen LogP contribution in [0.5, 0.6) is 0 Å². The third-order valence-electron chi connectivity index (χ3n) is 26.7. The Labute approximate surface area is 915 Å². The highest BCUT2D eigenvalue weighted by Crippen LogP contribution is 2.44. The van der Waals surface area contributed by atoms with Gasteiger partial charge in [0.2, 0.25) is 5.91 Å². The van der Waals surface area contributed by atoms with E-state index >= 15 is 0 Å². The van der Waals surface area contributed by atoms with Crippen LogP contribution < -0.4 is 53.6 Å². The Balaban J connectivity index is 0.000000168. The number of ketones is 3. The molecule has 1 amide bonds. The molecule has 6 aliphatic rings. The first-order valence-corrected chi connectivity index (χ1v) is 54.6. The number of pyridine rings is 3. The van der Waals surface area contributed by atoms with Crippen LogP contribution >= 0.6 is 95.3 Å². The molecule has 6 aliphatic heterocycles. The minimum absolute atomic E-state index is 0.0104. The van der Waals surface area contributed by atoms with Crippen molar-refractivity contribution in [3.63, 3.8) is 0 Å². The van der Waals surface area contributed by atoms with Gasteiger partial charge in [-0.2, -0.15) is 20.2 Å². The highest BCUT2D eigenvalue weighted by Gasteiger charge is 2.37. The van der Waals surface area contributed by atoms with Crippen molar-refractivity contribution in [1.82, 2.24) is 72.0 Å². The van der Waals surface area contributed by atoms with Crippen molar-refractivity contribution in [2.24, 2.45) is 0 Å². The standard InChI is InChI=1S/C26H32N6O2.C25H32IN5O2.C15H13ClIN3O.C10H12INO.C10H20N2O.C10H13NO.C8H8BrNO.C5H8N2O3/c1-5-18-11-19(13-27)24-22(12-18)16(3)23(26-28-17(4)31-34-26)25(30-24)32-8-6-20(10-15(32)2)29-21-7-9-33-14-21;1-5-17-11-20-15(3)22(25-27-16(4)30-33-25)24(29-23(20)21(26)12-17)31-8-6-18(10-14(31)2)28-19-7-9-32-13-19;1-4-9-5-10-7(2)12(15-18-8(3)20-21-15)14(16)19-13(10)11(17)6-9;1-3-7-4-8(6(2)13)10(12)9(11)5-7;1-8-6-9(2-4-11-8)12-10-3-5-13-7-10;1-3-8-4-5-10(11)9(6-8)7(2)12;1-5(11)7-4-6(9)2-3-8(7)10;1-3(6)7-4(8)2-5(9)10/h11-12,15,20-21,29H,5-10,14H2,1-4H3;11-12,14,18-19,28H,5-10,13H2,1-4H3;5-6H,4H2,1-3H3;4-5H,3,12H2,1-2H3;8-12H,2-7H2,1H3;4-6H,3,11H2,1-2H3;2-4H,10H2,1H3;2H2,1H3,(H,9,10)(H2,6,7,8)/t15-,20-,21+;14-,18-,19+;;;8-,9-,10+;;;/m11..1.../s1. The number of hydrogen-bond donors (Lipinski definition) is 10. The molecule has 6 saturated heterocycles. The van der Waals surface area contributed by atoms with Gasteiger partial charge in [-0.15, -0.1) is 0 Å². The van der Waals surface area contributed by atoms with E-state index < -0.39 is 18.3 Å². The van der Waals surface area contributed by atoms with Crippen molar-refractivity contribution < 1.29 is 56.9 Å². The smallest absolute Gasteiger partial charge is 0.312 e. The Morgan fingerprint density at radius 2 is 0.898 bits per heavy atom. The molecule has 0 radical (unpaired) electrons. The summed E-state index contributed by atoms with van der Waals surface area (Å²) in [4.78, 5) is 86.6. The van der Waals surface area contributed by atoms with Gasteiger partial charge in [-0.1, -0.05) is 83.7 Å². The number of nitrogens with zero attached hydrogens (tertiary/aromatic N) is 12. The monoisotopic (exact) mass is 2430 g/mol. The second kappa shape index (κ2) is 55.5. The number of amidine groups is 1. The first kappa shape index (κ1) is 117. The number of carboxylic acids is 1. The van der Waals surface area contributed by atoms with E-state index in [0.717, 1.165) is 225 Å². The highest BCUT2D eigenvalue weighted by atomic mass is 127. The van der Waals surface area contributed by atoms with Crippen LogP contribution in [0, 0.1) is 69.0 Å². The van der Waals surface area contributed by atoms with Crippen molar-refractivity contribution in [3.05, 3.63) is 190 Å². The molecular weight excluding hydrogens is 2290 g/mol. The van der Waals surface area contributed by atoms with Crippen molar-refractivity contribution in [2.45, 2.75) is 275 Å². The van der Waals surface area contributed by atoms with Crippen LogP contribution in [0.3, 0.4) is 0 Å². The number of nitrogens with one attached hydrogen (secondary N) is 6. The number of Topliss-reactive ketones (excluding diaryl/α,β-unsaturated/α-hetero) is 3. The van der Waals surface area contributed by atoms with E-state index in [9.17, 15) is 29.2 Å². The minimum atomic E-state index is -1.20. The number of nitrogens with two attached hydrogens (primary N) is 3. The summed E-state index contributed by atoms with van der Waals surface area (Å²) in [6, 6.07) is 34.5. The molecule has 18 rings (SSSR count). The number of aromatic nitrogens is 9. The number of halogens is 5. The number of benzene rings is 6. The van der Waals surface area contributed by atoms with E-state index in [-0.39, 0.29) is 29.2 Å². The number of carbonyl (C=O) groups excluding carboxylic acids is 4. The molecule has 6 fully saturated rings. The van der Waals surface area contributed by atoms with Gasteiger partial charge < -0.3 is 86.5 Å². The van der Waals surface area contributed by atoms with Gasteiger partial charge in [0.15, 0.2) is 34.8 Å². The maximum atomic E-state index is 11.2. The average molecular weight is 2430 g/mol. The second-order valence-electron chi connectivity index (χ2n) is 38.0. The topological polar surface area (TPSA) is 481 Å². The average Bonchev–Trinajstić information content (AvgIpc) is 1.25. The molecule has 147 heavy (non-hydrogen) atoms. The zero-order valence-electron chi connectivity index (χ0n) is 87.2. The van der Waals surface area contributed by atoms with Gasteiger partial charge in [0.1, 0.15) is 29.3 Å². The number of piperidine rings is 3. The van der Waals surface area contributed by atoms with Crippen LogP contribution in [0.2, 0.25) is 5.15 Å². The zero-order chi connectivity index (χ0) is 107. The van der Waals surface area contributed by atoms with Gasteiger partial charge in [0.05, 0.1) is 70.1 Å². The molecule has 38 heteroatoms. The van der Waals surface area contributed by atoms with E-state index in [1.807, 2.05) is 62.5 Å². The lowest BCUT2D eigenvalue weighted by Crippen LogP contribution is -2.50. The number of nitriles is 1. The Kier molecular flexibility index (Phi) is 44.2. The molecule has 786 valence electrons. The predicted octanol–water partition coefficient (Wildman–Crippen LogP) is 20.6. The molecule has 0 saturated carbocycles. The number of fused-ring (bicyclic) bond motifs is 3. The van der Waals surface area contributed by atoms with Crippen LogP contribution in [0.15, 0.2) is 103 Å². The van der Waals surface area contributed by atoms with E-state index in [2.05, 4.69) is 256 Å². The van der Waals surface area contributed by atoms with Crippen LogP contribution in [0.1, 0.15) is 246 Å². The van der Waals surface area contributed by atoms with Crippen LogP contribution in [-0.2, 0) is 55.9 Å². The first-order chi connectivity index (χ1) is 70.1. The molecule has 6 aromatic carbocycles. The fraction of sp³-hybridized carbons (Fsp3) is 0.468. The van der Waals surface area contributed by atoms with Crippen molar-refractivity contribution >= 4 is 192 Å². The zero-order valence-corrected chi connectivity index (χ0v) is 96.0. The summed E-state index contributed by atoms with van der Waals surface area (Å²) in [6.07, 6.45) is 14.2. The van der Waals surface area contributed by atoms with Crippen LogP contribution in [0.4, 0.5) is 28.7 Å². The molecule has 0 unspecified atom stereocenters. The maximum absolute atomic E-state index is 11.2. The highest BCUT2D eigenvalue weighted by molar-refractivity contribution is 14.1. The number of carbonyl (C=O) groups is 5. The number of aryl methyl sites for hydroxylation is 11. The van der Waals surface area contributed by atoms with Crippen molar-refractivity contribution in [3.8, 4) is 40.4 Å². The van der Waals surface area contributed by atoms with Crippen molar-refractivity contribution in [1.29, 1.82) is 10.7 Å². The van der Waals surface area contributed by atoms with Gasteiger partial charge in [0, 0.05) is 147 Å². The number of anilines is 5. The number of rotatable bonds is 21. The maximum Gasteiger partial charge on any atom is 0.312 e. The molecular formula is C109H138BrClI3N21O12. The second-order valence-corrected chi connectivity index (χ2v) is 42.7. The number of aliphatic carboxylic acids is 1. The fourth-order valence-electron chi connectivity index (χ4n) is 18.7. The summed E-state index contributed by atoms with van der Waals surface area (Å²) in [7, 11) is 0. The van der Waals surface area contributed by atoms with E-state index in [4.69, 9.17) is 77.1 Å². The Bertz CT molecular complexity index is 6680. The van der Waals surface area contributed by atoms with Gasteiger partial charge in [-0.25, -0.2) is 15.0 Å².